The van der Waals surface area contributed by atoms with Crippen molar-refractivity contribution in [2.24, 2.45) is 0 Å². The zero-order chi connectivity index (χ0) is 20.9. The first kappa shape index (κ1) is 21.8. The number of ether oxygens (including phenoxy) is 1. The monoisotopic (exact) mass is 424 g/mol. The Morgan fingerprint density at radius 2 is 1.61 bits per heavy atom. The number of hydrogen-bond acceptors (Lipinski definition) is 5. The van der Waals surface area contributed by atoms with E-state index in [0.717, 1.165) is 6.07 Å². The van der Waals surface area contributed by atoms with Gasteiger partial charge in [-0.15, -0.1) is 0 Å². The molecule has 0 N–H and O–H groups in total. The number of carbonyl (C=O) groups excluding carboxylic acids is 1. The minimum absolute atomic E-state index is 0.169. The van der Waals surface area contributed by atoms with Gasteiger partial charge < -0.3 is 4.74 Å². The van der Waals surface area contributed by atoms with Gasteiger partial charge in [0.2, 0.25) is 0 Å². The lowest BCUT2D eigenvalue weighted by molar-refractivity contribution is -0.153. The number of alkyl halides is 3. The van der Waals surface area contributed by atoms with Gasteiger partial charge in [0.25, 0.3) is 0 Å². The van der Waals surface area contributed by atoms with Crippen LogP contribution in [0.15, 0.2) is 48.5 Å². The van der Waals surface area contributed by atoms with Gasteiger partial charge in [-0.3, -0.25) is 0 Å². The van der Waals surface area contributed by atoms with Gasteiger partial charge in [-0.05, 0) is 23.3 Å². The van der Waals surface area contributed by atoms with Crippen LogP contribution in [0.1, 0.15) is 11.1 Å². The quantitative estimate of drug-likeness (QED) is 0.295. The summed E-state index contributed by atoms with van der Waals surface area (Å²) in [6, 6.07) is 10.3. The minimum Gasteiger partial charge on any atom is -0.459 e. The Balaban J connectivity index is 2.21. The molecule has 0 aromatic heterocycles. The van der Waals surface area contributed by atoms with Gasteiger partial charge in [0.05, 0.1) is 0 Å². The lowest BCUT2D eigenvalue weighted by Crippen LogP contribution is -2.36. The average molecular weight is 424 g/mol. The maximum absolute atomic E-state index is 13.3. The molecule has 2 aromatic carbocycles. The number of hydrogen-bond donors (Lipinski definition) is 0. The SMILES string of the molecule is O=C(OCc1ccccc1)[C@@H](Cc1ccc(F)c(F)c1)OS(=O)(=O)C(F)(F)F. The van der Waals surface area contributed by atoms with E-state index in [-0.39, 0.29) is 12.2 Å². The summed E-state index contributed by atoms with van der Waals surface area (Å²) in [7, 11) is -6.13. The molecule has 11 heteroatoms. The van der Waals surface area contributed by atoms with E-state index in [4.69, 9.17) is 4.74 Å². The van der Waals surface area contributed by atoms with Crippen LogP contribution in [-0.2, 0) is 36.9 Å². The van der Waals surface area contributed by atoms with E-state index in [1.807, 2.05) is 0 Å². The Labute approximate surface area is 156 Å². The summed E-state index contributed by atoms with van der Waals surface area (Å²) in [5, 5.41) is 0. The second-order valence-corrected chi connectivity index (χ2v) is 7.09. The van der Waals surface area contributed by atoms with E-state index >= 15 is 0 Å². The van der Waals surface area contributed by atoms with Crippen molar-refractivity contribution in [3.63, 3.8) is 0 Å². The van der Waals surface area contributed by atoms with Crippen molar-refractivity contribution in [3.05, 3.63) is 71.3 Å². The highest BCUT2D eigenvalue weighted by Crippen LogP contribution is 2.27. The number of benzene rings is 2. The van der Waals surface area contributed by atoms with Crippen molar-refractivity contribution in [1.82, 2.24) is 0 Å². The predicted molar refractivity (Wildman–Crippen MR) is 86.1 cm³/mol. The maximum Gasteiger partial charge on any atom is 0.523 e. The molecule has 1 atom stereocenters. The van der Waals surface area contributed by atoms with E-state index in [2.05, 4.69) is 4.18 Å². The predicted octanol–water partition coefficient (Wildman–Crippen LogP) is 3.49. The zero-order valence-electron chi connectivity index (χ0n) is 13.9. The highest BCUT2D eigenvalue weighted by molar-refractivity contribution is 7.87. The van der Waals surface area contributed by atoms with Crippen molar-refractivity contribution in [3.8, 4) is 0 Å². The molecular weight excluding hydrogens is 411 g/mol. The average Bonchev–Trinajstić information content (AvgIpc) is 2.62. The molecule has 0 bridgehead atoms. The highest BCUT2D eigenvalue weighted by Gasteiger charge is 2.49. The third kappa shape index (κ3) is 5.73. The van der Waals surface area contributed by atoms with E-state index < -0.39 is 45.8 Å². The molecule has 0 radical (unpaired) electrons. The molecule has 2 aromatic rings. The van der Waals surface area contributed by atoms with E-state index in [0.29, 0.717) is 17.7 Å². The minimum atomic E-state index is -6.13. The molecule has 0 saturated carbocycles. The smallest absolute Gasteiger partial charge is 0.459 e. The first-order chi connectivity index (χ1) is 13.0. The number of esters is 1. The third-order valence-electron chi connectivity index (χ3n) is 3.42. The Morgan fingerprint density at radius 3 is 2.18 bits per heavy atom. The van der Waals surface area contributed by atoms with Gasteiger partial charge in [0.15, 0.2) is 17.7 Å². The van der Waals surface area contributed by atoms with Gasteiger partial charge in [0, 0.05) is 6.42 Å². The van der Waals surface area contributed by atoms with Crippen LogP contribution in [0.2, 0.25) is 0 Å². The second-order valence-electron chi connectivity index (χ2n) is 5.53. The molecule has 0 amide bonds. The van der Waals surface area contributed by atoms with E-state index in [9.17, 15) is 35.2 Å². The van der Waals surface area contributed by atoms with Crippen molar-refractivity contribution in [2.75, 3.05) is 0 Å². The van der Waals surface area contributed by atoms with Crippen molar-refractivity contribution < 1.29 is 44.1 Å². The molecule has 2 rings (SSSR count). The molecule has 0 aliphatic rings. The summed E-state index contributed by atoms with van der Waals surface area (Å²) in [5.74, 6) is -3.97. The fraction of sp³-hybridized carbons (Fsp3) is 0.235. The van der Waals surface area contributed by atoms with Crippen LogP contribution in [0, 0.1) is 11.6 Å². The van der Waals surface area contributed by atoms with Crippen LogP contribution in [0.5, 0.6) is 0 Å². The number of carbonyl (C=O) groups is 1. The van der Waals surface area contributed by atoms with Crippen LogP contribution in [0.3, 0.4) is 0 Å². The normalized spacial score (nSPS) is 13.2. The summed E-state index contributed by atoms with van der Waals surface area (Å²) < 4.78 is 95.4. The summed E-state index contributed by atoms with van der Waals surface area (Å²) in [6.07, 6.45) is -3.04. The van der Waals surface area contributed by atoms with E-state index in [1.165, 1.54) is 0 Å². The van der Waals surface area contributed by atoms with Gasteiger partial charge in [-0.25, -0.2) is 17.8 Å². The Morgan fingerprint density at radius 1 is 0.964 bits per heavy atom. The first-order valence-corrected chi connectivity index (χ1v) is 9.04. The Bertz CT molecular complexity index is 929. The van der Waals surface area contributed by atoms with Crippen LogP contribution in [0.4, 0.5) is 22.0 Å². The molecule has 28 heavy (non-hydrogen) atoms. The summed E-state index contributed by atoms with van der Waals surface area (Å²) >= 11 is 0. The number of halogens is 5. The van der Waals surface area contributed by atoms with Crippen LogP contribution >= 0.6 is 0 Å². The van der Waals surface area contributed by atoms with Crippen molar-refractivity contribution in [2.45, 2.75) is 24.6 Å². The molecule has 0 heterocycles. The Hall–Kier alpha value is -2.53. The van der Waals surface area contributed by atoms with Crippen LogP contribution in [-0.4, -0.2) is 26.0 Å². The molecule has 0 unspecified atom stereocenters. The molecule has 0 aliphatic heterocycles. The molecular formula is C17H13F5O5S. The maximum atomic E-state index is 13.3. The fourth-order valence-electron chi connectivity index (χ4n) is 2.07. The van der Waals surface area contributed by atoms with Gasteiger partial charge >= 0.3 is 21.6 Å². The second kappa shape index (κ2) is 8.65. The lowest BCUT2D eigenvalue weighted by atomic mass is 10.1. The summed E-state index contributed by atoms with van der Waals surface area (Å²) in [4.78, 5) is 12.1. The van der Waals surface area contributed by atoms with Gasteiger partial charge in [0.1, 0.15) is 6.61 Å². The summed E-state index contributed by atoms with van der Waals surface area (Å²) in [5.41, 5.74) is -5.46. The molecule has 152 valence electrons. The lowest BCUT2D eigenvalue weighted by Gasteiger charge is -2.18. The van der Waals surface area contributed by atoms with Crippen molar-refractivity contribution in [1.29, 1.82) is 0 Å². The highest BCUT2D eigenvalue weighted by atomic mass is 32.2. The van der Waals surface area contributed by atoms with Gasteiger partial charge in [-0.2, -0.15) is 21.6 Å². The van der Waals surface area contributed by atoms with Crippen LogP contribution in [0.25, 0.3) is 0 Å². The summed E-state index contributed by atoms with van der Waals surface area (Å²) in [6.45, 7) is -0.358. The Kier molecular flexibility index (Phi) is 6.73. The van der Waals surface area contributed by atoms with E-state index in [1.54, 1.807) is 30.3 Å². The molecule has 0 aliphatic carbocycles. The number of rotatable bonds is 7. The van der Waals surface area contributed by atoms with Crippen LogP contribution < -0.4 is 0 Å². The fourth-order valence-corrected chi connectivity index (χ4v) is 2.63. The molecule has 5 nitrogen and oxygen atoms in total. The topological polar surface area (TPSA) is 69.7 Å². The zero-order valence-corrected chi connectivity index (χ0v) is 14.8. The van der Waals surface area contributed by atoms with Gasteiger partial charge in [-0.1, -0.05) is 36.4 Å². The largest absolute Gasteiger partial charge is 0.523 e. The molecule has 0 saturated heterocycles. The van der Waals surface area contributed by atoms with Crippen molar-refractivity contribution >= 4 is 16.1 Å². The molecule has 0 spiro atoms. The standard InChI is InChI=1S/C17H13F5O5S/c18-13-7-6-12(8-14(13)19)9-15(27-28(24,25)17(20,21)22)16(23)26-10-11-4-2-1-3-5-11/h1-8,15H,9-10H2/t15-/m1/s1. The third-order valence-corrected chi connectivity index (χ3v) is 4.47. The first-order valence-electron chi connectivity index (χ1n) is 7.63. The molecule has 0 fully saturated rings.